The van der Waals surface area contributed by atoms with Crippen LogP contribution in [-0.2, 0) is 0 Å². The molecule has 3 nitrogen and oxygen atoms in total. The molecule has 1 saturated carbocycles. The minimum Gasteiger partial charge on any atom is -0.355 e. The molecular weight excluding hydrogens is 222 g/mol. The van der Waals surface area contributed by atoms with E-state index in [0.29, 0.717) is 12.0 Å². The SMILES string of the molecule is CC(C)CNc1nccn1C1CCC(C)CC1C. The standard InChI is InChI=1S/C15H27N3/c1-11(2)10-17-15-16-7-8-18(15)14-6-5-12(3)9-13(14)4/h7-8,11-14H,5-6,9-10H2,1-4H3,(H,16,17). The summed E-state index contributed by atoms with van der Waals surface area (Å²) in [6.07, 6.45) is 8.03. The van der Waals surface area contributed by atoms with Crippen LogP contribution >= 0.6 is 0 Å². The molecule has 2 rings (SSSR count). The van der Waals surface area contributed by atoms with E-state index in [9.17, 15) is 0 Å². The molecule has 1 aromatic rings. The van der Waals surface area contributed by atoms with Crippen molar-refractivity contribution in [1.82, 2.24) is 9.55 Å². The highest BCUT2D eigenvalue weighted by molar-refractivity contribution is 5.27. The lowest BCUT2D eigenvalue weighted by Gasteiger charge is -2.34. The maximum Gasteiger partial charge on any atom is 0.203 e. The Morgan fingerprint density at radius 3 is 2.83 bits per heavy atom. The van der Waals surface area contributed by atoms with Gasteiger partial charge in [-0.05, 0) is 37.0 Å². The van der Waals surface area contributed by atoms with E-state index in [1.54, 1.807) is 0 Å². The van der Waals surface area contributed by atoms with Crippen LogP contribution in [0.4, 0.5) is 5.95 Å². The van der Waals surface area contributed by atoms with Crippen LogP contribution in [0.2, 0.25) is 0 Å². The van der Waals surface area contributed by atoms with Crippen molar-refractivity contribution in [3.63, 3.8) is 0 Å². The fourth-order valence-corrected chi connectivity index (χ4v) is 3.08. The molecule has 1 N–H and O–H groups in total. The van der Waals surface area contributed by atoms with Crippen LogP contribution in [0, 0.1) is 17.8 Å². The topological polar surface area (TPSA) is 29.9 Å². The number of nitrogens with one attached hydrogen (secondary N) is 1. The van der Waals surface area contributed by atoms with Crippen molar-refractivity contribution in [3.8, 4) is 0 Å². The van der Waals surface area contributed by atoms with Crippen LogP contribution in [-0.4, -0.2) is 16.1 Å². The van der Waals surface area contributed by atoms with Crippen LogP contribution in [0.15, 0.2) is 12.4 Å². The lowest BCUT2D eigenvalue weighted by molar-refractivity contribution is 0.209. The molecule has 3 unspecified atom stereocenters. The van der Waals surface area contributed by atoms with Gasteiger partial charge in [0, 0.05) is 25.0 Å². The molecule has 1 aliphatic rings. The largest absolute Gasteiger partial charge is 0.355 e. The number of hydrogen-bond donors (Lipinski definition) is 1. The van der Waals surface area contributed by atoms with Crippen LogP contribution < -0.4 is 5.32 Å². The van der Waals surface area contributed by atoms with Crippen molar-refractivity contribution >= 4 is 5.95 Å². The van der Waals surface area contributed by atoms with Crippen molar-refractivity contribution in [2.45, 2.75) is 53.0 Å². The Balaban J connectivity index is 2.06. The Kier molecular flexibility index (Phi) is 4.31. The molecule has 1 aliphatic carbocycles. The van der Waals surface area contributed by atoms with Gasteiger partial charge in [-0.15, -0.1) is 0 Å². The Morgan fingerprint density at radius 2 is 2.17 bits per heavy atom. The van der Waals surface area contributed by atoms with Crippen molar-refractivity contribution in [2.24, 2.45) is 17.8 Å². The van der Waals surface area contributed by atoms with Crippen molar-refractivity contribution < 1.29 is 0 Å². The summed E-state index contributed by atoms with van der Waals surface area (Å²) >= 11 is 0. The zero-order valence-electron chi connectivity index (χ0n) is 12.2. The Hall–Kier alpha value is -0.990. The molecule has 3 atom stereocenters. The summed E-state index contributed by atoms with van der Waals surface area (Å²) < 4.78 is 2.36. The summed E-state index contributed by atoms with van der Waals surface area (Å²) in [5, 5.41) is 3.47. The van der Waals surface area contributed by atoms with Gasteiger partial charge in [0.15, 0.2) is 0 Å². The number of imidazole rings is 1. The normalized spacial score (nSPS) is 28.6. The van der Waals surface area contributed by atoms with E-state index in [2.05, 4.69) is 48.8 Å². The molecule has 0 amide bonds. The summed E-state index contributed by atoms with van der Waals surface area (Å²) in [5.41, 5.74) is 0. The summed E-state index contributed by atoms with van der Waals surface area (Å²) in [7, 11) is 0. The van der Waals surface area contributed by atoms with E-state index >= 15 is 0 Å². The lowest BCUT2D eigenvalue weighted by atomic mass is 9.80. The highest BCUT2D eigenvalue weighted by Crippen LogP contribution is 2.37. The van der Waals surface area contributed by atoms with Gasteiger partial charge in [-0.3, -0.25) is 0 Å². The summed E-state index contributed by atoms with van der Waals surface area (Å²) in [4.78, 5) is 4.47. The van der Waals surface area contributed by atoms with Gasteiger partial charge in [-0.25, -0.2) is 4.98 Å². The third kappa shape index (κ3) is 3.06. The van der Waals surface area contributed by atoms with Crippen molar-refractivity contribution in [3.05, 3.63) is 12.4 Å². The highest BCUT2D eigenvalue weighted by atomic mass is 15.2. The van der Waals surface area contributed by atoms with E-state index in [1.807, 2.05) is 6.20 Å². The fourth-order valence-electron chi connectivity index (χ4n) is 3.08. The molecular formula is C15H27N3. The predicted octanol–water partition coefficient (Wildman–Crippen LogP) is 3.95. The predicted molar refractivity (Wildman–Crippen MR) is 76.8 cm³/mol. The zero-order chi connectivity index (χ0) is 13.1. The van der Waals surface area contributed by atoms with Crippen molar-refractivity contribution in [2.75, 3.05) is 11.9 Å². The van der Waals surface area contributed by atoms with E-state index < -0.39 is 0 Å². The molecule has 1 fully saturated rings. The fraction of sp³-hybridized carbons (Fsp3) is 0.800. The van der Waals surface area contributed by atoms with Crippen LogP contribution in [0.3, 0.4) is 0 Å². The Morgan fingerprint density at radius 1 is 1.39 bits per heavy atom. The molecule has 0 saturated heterocycles. The van der Waals surface area contributed by atoms with Gasteiger partial charge in [0.2, 0.25) is 5.95 Å². The van der Waals surface area contributed by atoms with Gasteiger partial charge in [0.05, 0.1) is 0 Å². The first-order valence-corrected chi connectivity index (χ1v) is 7.34. The number of rotatable bonds is 4. The van der Waals surface area contributed by atoms with Gasteiger partial charge in [0.25, 0.3) is 0 Å². The first-order valence-electron chi connectivity index (χ1n) is 7.34. The molecule has 0 aromatic carbocycles. The molecule has 1 heterocycles. The minimum atomic E-state index is 0.623. The van der Waals surface area contributed by atoms with E-state index in [4.69, 9.17) is 0 Å². The van der Waals surface area contributed by atoms with Gasteiger partial charge in [-0.1, -0.05) is 27.7 Å². The van der Waals surface area contributed by atoms with Gasteiger partial charge in [-0.2, -0.15) is 0 Å². The monoisotopic (exact) mass is 249 g/mol. The lowest BCUT2D eigenvalue weighted by Crippen LogP contribution is -2.26. The minimum absolute atomic E-state index is 0.623. The van der Waals surface area contributed by atoms with Gasteiger partial charge in [0.1, 0.15) is 0 Å². The van der Waals surface area contributed by atoms with Crippen LogP contribution in [0.1, 0.15) is 53.0 Å². The van der Waals surface area contributed by atoms with Crippen LogP contribution in [0.5, 0.6) is 0 Å². The second-order valence-corrected chi connectivity index (χ2v) is 6.40. The van der Waals surface area contributed by atoms with Gasteiger partial charge < -0.3 is 9.88 Å². The maximum atomic E-state index is 4.47. The molecule has 1 aromatic heterocycles. The first-order chi connectivity index (χ1) is 8.58. The van der Waals surface area contributed by atoms with E-state index in [-0.39, 0.29) is 0 Å². The second kappa shape index (κ2) is 5.77. The quantitative estimate of drug-likeness (QED) is 0.875. The Bertz CT molecular complexity index is 370. The molecule has 3 heteroatoms. The molecule has 0 bridgehead atoms. The summed E-state index contributed by atoms with van der Waals surface area (Å²) in [6, 6.07) is 0.623. The smallest absolute Gasteiger partial charge is 0.203 e. The second-order valence-electron chi connectivity index (χ2n) is 6.40. The molecule has 102 valence electrons. The average Bonchev–Trinajstić information content (AvgIpc) is 2.74. The van der Waals surface area contributed by atoms with Crippen LogP contribution in [0.25, 0.3) is 0 Å². The van der Waals surface area contributed by atoms with E-state index in [1.165, 1.54) is 19.3 Å². The first kappa shape index (κ1) is 13.4. The Labute approximate surface area is 111 Å². The number of anilines is 1. The summed E-state index contributed by atoms with van der Waals surface area (Å²) in [6.45, 7) is 10.2. The number of nitrogens with zero attached hydrogens (tertiary/aromatic N) is 2. The third-order valence-corrected chi connectivity index (χ3v) is 4.08. The van der Waals surface area contributed by atoms with Crippen molar-refractivity contribution in [1.29, 1.82) is 0 Å². The zero-order valence-corrected chi connectivity index (χ0v) is 12.2. The molecule has 0 spiro atoms. The number of hydrogen-bond acceptors (Lipinski definition) is 2. The van der Waals surface area contributed by atoms with Gasteiger partial charge >= 0.3 is 0 Å². The maximum absolute atomic E-state index is 4.47. The highest BCUT2D eigenvalue weighted by Gasteiger charge is 2.27. The molecule has 18 heavy (non-hydrogen) atoms. The average molecular weight is 249 g/mol. The molecule has 0 radical (unpaired) electrons. The molecule has 0 aliphatic heterocycles. The summed E-state index contributed by atoms with van der Waals surface area (Å²) in [5.74, 6) is 3.34. The van der Waals surface area contributed by atoms with E-state index in [0.717, 1.165) is 24.3 Å². The number of aromatic nitrogens is 2. The third-order valence-electron chi connectivity index (χ3n) is 4.08.